The number of nitrogens with zero attached hydrogens (tertiary/aromatic N) is 1. The van der Waals surface area contributed by atoms with E-state index >= 15 is 0 Å². The third-order valence-electron chi connectivity index (χ3n) is 3.79. The average Bonchev–Trinajstić information content (AvgIpc) is 2.89. The zero-order valence-corrected chi connectivity index (χ0v) is 12.3. The summed E-state index contributed by atoms with van der Waals surface area (Å²) in [5.74, 6) is 0.808. The molecule has 1 aliphatic rings. The molecule has 114 valence electrons. The molecular formula is C17H17FN2O2. The highest BCUT2D eigenvalue weighted by Gasteiger charge is 2.25. The molecule has 0 fully saturated rings. The maximum atomic E-state index is 13.1. The summed E-state index contributed by atoms with van der Waals surface area (Å²) in [6.07, 6.45) is 1.33. The van der Waals surface area contributed by atoms with Crippen LogP contribution in [0, 0.1) is 5.82 Å². The minimum Gasteiger partial charge on any atom is -0.490 e. The van der Waals surface area contributed by atoms with Crippen molar-refractivity contribution in [2.45, 2.75) is 19.3 Å². The molecule has 3 rings (SSSR count). The number of carbonyl (C=O) groups is 1. The summed E-state index contributed by atoms with van der Waals surface area (Å²) in [5, 5.41) is 2.64. The maximum Gasteiger partial charge on any atom is 0.207 e. The molecule has 1 aromatic heterocycles. The van der Waals surface area contributed by atoms with Crippen molar-refractivity contribution in [3.8, 4) is 17.0 Å². The van der Waals surface area contributed by atoms with E-state index in [4.69, 9.17) is 4.74 Å². The summed E-state index contributed by atoms with van der Waals surface area (Å²) in [5.41, 5.74) is 3.58. The van der Waals surface area contributed by atoms with Crippen LogP contribution in [-0.2, 0) is 11.2 Å². The fourth-order valence-corrected chi connectivity index (χ4v) is 2.61. The van der Waals surface area contributed by atoms with Crippen molar-refractivity contribution in [1.82, 2.24) is 10.3 Å². The Morgan fingerprint density at radius 2 is 2.18 bits per heavy atom. The Kier molecular flexibility index (Phi) is 4.04. The SMILES string of the molecule is CC1COc2c1cc(CCNC=O)nc2-c1ccc(F)cc1. The summed E-state index contributed by atoms with van der Waals surface area (Å²) in [6, 6.07) is 8.28. The molecule has 0 bridgehead atoms. The smallest absolute Gasteiger partial charge is 0.207 e. The van der Waals surface area contributed by atoms with Crippen LogP contribution in [0.5, 0.6) is 5.75 Å². The van der Waals surface area contributed by atoms with Gasteiger partial charge in [0.15, 0.2) is 0 Å². The number of carbonyl (C=O) groups excluding carboxylic acids is 1. The van der Waals surface area contributed by atoms with Gasteiger partial charge in [-0.2, -0.15) is 0 Å². The molecule has 0 radical (unpaired) electrons. The molecular weight excluding hydrogens is 283 g/mol. The number of pyridine rings is 1. The lowest BCUT2D eigenvalue weighted by molar-refractivity contribution is -0.109. The predicted octanol–water partition coefficient (Wildman–Crippen LogP) is 2.67. The number of fused-ring (bicyclic) bond motifs is 1. The molecule has 22 heavy (non-hydrogen) atoms. The largest absolute Gasteiger partial charge is 0.490 e. The van der Waals surface area contributed by atoms with Crippen LogP contribution in [0.1, 0.15) is 24.1 Å². The van der Waals surface area contributed by atoms with E-state index in [1.54, 1.807) is 12.1 Å². The standard InChI is InChI=1S/C17H17FN2O2/c1-11-9-22-17-15(11)8-14(6-7-19-10-21)20-16(17)12-2-4-13(18)5-3-12/h2-5,8,10-11H,6-7,9H2,1H3,(H,19,21). The molecule has 4 nitrogen and oxygen atoms in total. The molecule has 2 heterocycles. The normalized spacial score (nSPS) is 16.0. The Morgan fingerprint density at radius 3 is 2.91 bits per heavy atom. The number of halogens is 1. The highest BCUT2D eigenvalue weighted by molar-refractivity contribution is 5.69. The van der Waals surface area contributed by atoms with Gasteiger partial charge in [-0.15, -0.1) is 0 Å². The van der Waals surface area contributed by atoms with Crippen molar-refractivity contribution < 1.29 is 13.9 Å². The van der Waals surface area contributed by atoms with Crippen molar-refractivity contribution in [2.24, 2.45) is 0 Å². The van der Waals surface area contributed by atoms with Crippen LogP contribution in [0.15, 0.2) is 30.3 Å². The minimum atomic E-state index is -0.277. The Hall–Kier alpha value is -2.43. The van der Waals surface area contributed by atoms with Crippen LogP contribution in [0.25, 0.3) is 11.3 Å². The number of nitrogens with one attached hydrogen (secondary N) is 1. The molecule has 1 N–H and O–H groups in total. The zero-order valence-electron chi connectivity index (χ0n) is 12.3. The van der Waals surface area contributed by atoms with Gasteiger partial charge in [-0.3, -0.25) is 4.79 Å². The summed E-state index contributed by atoms with van der Waals surface area (Å²) in [6.45, 7) is 3.27. The fourth-order valence-electron chi connectivity index (χ4n) is 2.61. The molecule has 2 aromatic rings. The van der Waals surface area contributed by atoms with E-state index in [9.17, 15) is 9.18 Å². The zero-order chi connectivity index (χ0) is 15.5. The first kappa shape index (κ1) is 14.5. The molecule has 1 atom stereocenters. The molecule has 0 saturated carbocycles. The van der Waals surface area contributed by atoms with E-state index in [1.807, 2.05) is 6.07 Å². The minimum absolute atomic E-state index is 0.277. The highest BCUT2D eigenvalue weighted by atomic mass is 19.1. The second-order valence-electron chi connectivity index (χ2n) is 5.42. The Balaban J connectivity index is 2.02. The molecule has 1 aliphatic heterocycles. The van der Waals surface area contributed by atoms with Gasteiger partial charge in [-0.25, -0.2) is 9.37 Å². The number of ether oxygens (including phenoxy) is 1. The first-order chi connectivity index (χ1) is 10.7. The quantitative estimate of drug-likeness (QED) is 0.682. The Bertz CT molecular complexity index is 686. The van der Waals surface area contributed by atoms with Gasteiger partial charge in [0.1, 0.15) is 17.3 Å². The number of amides is 1. The molecule has 0 spiro atoms. The van der Waals surface area contributed by atoms with Gasteiger partial charge < -0.3 is 10.1 Å². The summed E-state index contributed by atoms with van der Waals surface area (Å²) in [7, 11) is 0. The van der Waals surface area contributed by atoms with Crippen molar-refractivity contribution in [3.05, 3.63) is 47.4 Å². The number of hydrogen-bond acceptors (Lipinski definition) is 3. The van der Waals surface area contributed by atoms with Crippen LogP contribution in [0.3, 0.4) is 0 Å². The van der Waals surface area contributed by atoms with E-state index in [-0.39, 0.29) is 5.82 Å². The Morgan fingerprint density at radius 1 is 1.41 bits per heavy atom. The van der Waals surface area contributed by atoms with Crippen LogP contribution < -0.4 is 10.1 Å². The summed E-state index contributed by atoms with van der Waals surface area (Å²) >= 11 is 0. The van der Waals surface area contributed by atoms with Gasteiger partial charge >= 0.3 is 0 Å². The van der Waals surface area contributed by atoms with E-state index in [0.717, 1.165) is 28.3 Å². The molecule has 5 heteroatoms. The fraction of sp³-hybridized carbons (Fsp3) is 0.294. The number of benzene rings is 1. The van der Waals surface area contributed by atoms with E-state index in [2.05, 4.69) is 17.2 Å². The van der Waals surface area contributed by atoms with E-state index in [1.165, 1.54) is 12.1 Å². The number of aromatic nitrogens is 1. The second kappa shape index (κ2) is 6.13. The molecule has 0 aliphatic carbocycles. The molecule has 0 saturated heterocycles. The van der Waals surface area contributed by atoms with Crippen LogP contribution >= 0.6 is 0 Å². The van der Waals surface area contributed by atoms with Gasteiger partial charge in [0.05, 0.1) is 6.61 Å². The van der Waals surface area contributed by atoms with Crippen molar-refractivity contribution in [1.29, 1.82) is 0 Å². The number of rotatable bonds is 5. The molecule has 1 aromatic carbocycles. The predicted molar refractivity (Wildman–Crippen MR) is 81.3 cm³/mol. The van der Waals surface area contributed by atoms with Crippen LogP contribution in [-0.4, -0.2) is 24.5 Å². The van der Waals surface area contributed by atoms with Gasteiger partial charge in [-0.05, 0) is 30.3 Å². The van der Waals surface area contributed by atoms with Crippen molar-refractivity contribution >= 4 is 6.41 Å². The van der Waals surface area contributed by atoms with Crippen LogP contribution in [0.4, 0.5) is 4.39 Å². The van der Waals surface area contributed by atoms with Gasteiger partial charge in [0.2, 0.25) is 6.41 Å². The first-order valence-electron chi connectivity index (χ1n) is 7.28. The van der Waals surface area contributed by atoms with Gasteiger partial charge in [0.25, 0.3) is 0 Å². The Labute approximate surface area is 128 Å². The lowest BCUT2D eigenvalue weighted by atomic mass is 9.99. The lowest BCUT2D eigenvalue weighted by Crippen LogP contribution is -2.15. The van der Waals surface area contributed by atoms with Crippen LogP contribution in [0.2, 0.25) is 0 Å². The first-order valence-corrected chi connectivity index (χ1v) is 7.28. The van der Waals surface area contributed by atoms with Crippen molar-refractivity contribution in [2.75, 3.05) is 13.2 Å². The lowest BCUT2D eigenvalue weighted by Gasteiger charge is -2.11. The average molecular weight is 300 g/mol. The molecule has 1 amide bonds. The topological polar surface area (TPSA) is 51.2 Å². The van der Waals surface area contributed by atoms with Gasteiger partial charge in [0, 0.05) is 35.7 Å². The highest BCUT2D eigenvalue weighted by Crippen LogP contribution is 2.40. The maximum absolute atomic E-state index is 13.1. The summed E-state index contributed by atoms with van der Waals surface area (Å²) in [4.78, 5) is 15.0. The van der Waals surface area contributed by atoms with Crippen molar-refractivity contribution in [3.63, 3.8) is 0 Å². The third kappa shape index (κ3) is 2.79. The summed E-state index contributed by atoms with van der Waals surface area (Å²) < 4.78 is 18.9. The van der Waals surface area contributed by atoms with Gasteiger partial charge in [-0.1, -0.05) is 6.92 Å². The monoisotopic (exact) mass is 300 g/mol. The van der Waals surface area contributed by atoms with E-state index in [0.29, 0.717) is 31.9 Å². The number of hydrogen-bond donors (Lipinski definition) is 1. The van der Waals surface area contributed by atoms with E-state index < -0.39 is 0 Å². The molecule has 1 unspecified atom stereocenters. The second-order valence-corrected chi connectivity index (χ2v) is 5.42. The third-order valence-corrected chi connectivity index (χ3v) is 3.79.